The number of alkyl halides is 3. The predicted molar refractivity (Wildman–Crippen MR) is 87.4 cm³/mol. The molecule has 1 fully saturated rings. The maximum absolute atomic E-state index is 12.8. The van der Waals surface area contributed by atoms with Gasteiger partial charge in [0.2, 0.25) is 0 Å². The average Bonchev–Trinajstić information content (AvgIpc) is 2.85. The summed E-state index contributed by atoms with van der Waals surface area (Å²) in [6, 6.07) is 2.85. The number of hydrogen-bond donors (Lipinski definition) is 1. The number of esters is 1. The summed E-state index contributed by atoms with van der Waals surface area (Å²) in [5.74, 6) is -1.99. The smallest absolute Gasteiger partial charge is 0.417 e. The molecule has 1 aliphatic heterocycles. The minimum atomic E-state index is -4.67. The number of carbonyl (C=O) groups is 2. The standard InChI is InChI=1S/C15H15ClF3NO5S/c16-12-2-1-10(6-11(12)15(17,18)19)20-13(21)7-25-14(22)5-9-3-4-26(23,24)8-9/h1-2,6,9H,3-5,7-8H2,(H,20,21)/t9-/m0/s1. The van der Waals surface area contributed by atoms with E-state index in [1.807, 2.05) is 0 Å². The van der Waals surface area contributed by atoms with Crippen LogP contribution in [0.3, 0.4) is 0 Å². The van der Waals surface area contributed by atoms with Gasteiger partial charge >= 0.3 is 12.1 Å². The molecule has 1 N–H and O–H groups in total. The first kappa shape index (κ1) is 20.5. The highest BCUT2D eigenvalue weighted by Gasteiger charge is 2.33. The zero-order chi connectivity index (χ0) is 19.5. The second-order valence-electron chi connectivity index (χ2n) is 5.87. The molecule has 0 unspecified atom stereocenters. The summed E-state index contributed by atoms with van der Waals surface area (Å²) in [6.45, 7) is -0.692. The monoisotopic (exact) mass is 413 g/mol. The van der Waals surface area contributed by atoms with Crippen LogP contribution in [0.2, 0.25) is 5.02 Å². The highest BCUT2D eigenvalue weighted by atomic mass is 35.5. The molecular weight excluding hydrogens is 399 g/mol. The zero-order valence-corrected chi connectivity index (χ0v) is 14.9. The molecule has 0 radical (unpaired) electrons. The number of nitrogens with one attached hydrogen (secondary N) is 1. The van der Waals surface area contributed by atoms with E-state index in [-0.39, 0.29) is 29.5 Å². The molecule has 2 rings (SSSR count). The quantitative estimate of drug-likeness (QED) is 0.749. The molecule has 0 bridgehead atoms. The number of benzene rings is 1. The summed E-state index contributed by atoms with van der Waals surface area (Å²) < 4.78 is 65.6. The number of anilines is 1. The van der Waals surface area contributed by atoms with Crippen LogP contribution in [-0.4, -0.2) is 38.4 Å². The summed E-state index contributed by atoms with van der Waals surface area (Å²) in [6.07, 6.45) is -4.45. The van der Waals surface area contributed by atoms with Crippen molar-refractivity contribution >= 4 is 39.0 Å². The molecule has 26 heavy (non-hydrogen) atoms. The van der Waals surface area contributed by atoms with E-state index in [9.17, 15) is 31.2 Å². The van der Waals surface area contributed by atoms with Gasteiger partial charge in [0.1, 0.15) is 0 Å². The number of ether oxygens (including phenoxy) is 1. The highest BCUT2D eigenvalue weighted by Crippen LogP contribution is 2.36. The lowest BCUT2D eigenvalue weighted by Gasteiger charge is -2.12. The van der Waals surface area contributed by atoms with Gasteiger partial charge in [0.15, 0.2) is 16.4 Å². The third kappa shape index (κ3) is 5.87. The Morgan fingerprint density at radius 1 is 1.31 bits per heavy atom. The molecule has 0 aromatic heterocycles. The topological polar surface area (TPSA) is 89.5 Å². The Morgan fingerprint density at radius 2 is 2.00 bits per heavy atom. The van der Waals surface area contributed by atoms with Crippen molar-refractivity contribution in [1.82, 2.24) is 0 Å². The van der Waals surface area contributed by atoms with Crippen molar-refractivity contribution in [2.75, 3.05) is 23.4 Å². The molecule has 144 valence electrons. The largest absolute Gasteiger partial charge is 0.456 e. The molecule has 1 aromatic carbocycles. The summed E-state index contributed by atoms with van der Waals surface area (Å²) in [5, 5.41) is 1.67. The number of sulfone groups is 1. The van der Waals surface area contributed by atoms with Gasteiger partial charge in [-0.15, -0.1) is 0 Å². The van der Waals surface area contributed by atoms with Crippen LogP contribution in [0, 0.1) is 5.92 Å². The van der Waals surface area contributed by atoms with Crippen molar-refractivity contribution < 1.29 is 35.9 Å². The third-order valence-electron chi connectivity index (χ3n) is 3.70. The Balaban J connectivity index is 1.84. The first-order chi connectivity index (χ1) is 12.0. The van der Waals surface area contributed by atoms with E-state index in [0.29, 0.717) is 12.5 Å². The number of carbonyl (C=O) groups excluding carboxylic acids is 2. The molecular formula is C15H15ClF3NO5S. The Labute approximate surface area is 152 Å². The van der Waals surface area contributed by atoms with Gasteiger partial charge in [0, 0.05) is 12.1 Å². The van der Waals surface area contributed by atoms with Gasteiger partial charge in [-0.2, -0.15) is 13.2 Å². The molecule has 6 nitrogen and oxygen atoms in total. The Kier molecular flexibility index (Phi) is 6.17. The van der Waals surface area contributed by atoms with Crippen LogP contribution >= 0.6 is 11.6 Å². The normalized spacial score (nSPS) is 19.2. The third-order valence-corrected chi connectivity index (χ3v) is 5.87. The number of rotatable bonds is 5. The van der Waals surface area contributed by atoms with E-state index < -0.39 is 45.1 Å². The highest BCUT2D eigenvalue weighted by molar-refractivity contribution is 7.91. The summed E-state index contributed by atoms with van der Waals surface area (Å²) in [7, 11) is -3.12. The maximum atomic E-state index is 12.8. The Hall–Kier alpha value is -1.81. The van der Waals surface area contributed by atoms with Crippen molar-refractivity contribution in [3.05, 3.63) is 28.8 Å². The Morgan fingerprint density at radius 3 is 2.58 bits per heavy atom. The van der Waals surface area contributed by atoms with E-state index in [0.717, 1.165) is 6.07 Å². The van der Waals surface area contributed by atoms with Crippen LogP contribution in [0.4, 0.5) is 18.9 Å². The van der Waals surface area contributed by atoms with Crippen LogP contribution < -0.4 is 5.32 Å². The van der Waals surface area contributed by atoms with E-state index >= 15 is 0 Å². The SMILES string of the molecule is O=C(COC(=O)C[C@@H]1CCS(=O)(=O)C1)Nc1ccc(Cl)c(C(F)(F)F)c1. The second kappa shape index (κ2) is 7.83. The molecule has 1 aliphatic rings. The van der Waals surface area contributed by atoms with Crippen LogP contribution in [0.25, 0.3) is 0 Å². The van der Waals surface area contributed by atoms with Gasteiger partial charge in [-0.1, -0.05) is 11.6 Å². The molecule has 1 aromatic rings. The number of hydrogen-bond acceptors (Lipinski definition) is 5. The lowest BCUT2D eigenvalue weighted by molar-refractivity contribution is -0.148. The lowest BCUT2D eigenvalue weighted by atomic mass is 10.1. The van der Waals surface area contributed by atoms with Crippen LogP contribution in [0.15, 0.2) is 18.2 Å². The summed E-state index contributed by atoms with van der Waals surface area (Å²) >= 11 is 5.48. The van der Waals surface area contributed by atoms with E-state index in [2.05, 4.69) is 5.32 Å². The van der Waals surface area contributed by atoms with Gasteiger partial charge in [-0.25, -0.2) is 8.42 Å². The van der Waals surface area contributed by atoms with Crippen molar-refractivity contribution in [3.63, 3.8) is 0 Å². The fraction of sp³-hybridized carbons (Fsp3) is 0.467. The van der Waals surface area contributed by atoms with Crippen molar-refractivity contribution in [2.45, 2.75) is 19.0 Å². The molecule has 11 heteroatoms. The first-order valence-electron chi connectivity index (χ1n) is 7.49. The minimum Gasteiger partial charge on any atom is -0.456 e. The fourth-order valence-corrected chi connectivity index (χ4v) is 4.58. The minimum absolute atomic E-state index is 0.0174. The number of halogens is 4. The van der Waals surface area contributed by atoms with Gasteiger partial charge in [-0.3, -0.25) is 9.59 Å². The second-order valence-corrected chi connectivity index (χ2v) is 8.51. The predicted octanol–water partition coefficient (Wildman–Crippen LogP) is 2.67. The first-order valence-corrected chi connectivity index (χ1v) is 9.69. The van der Waals surface area contributed by atoms with Gasteiger partial charge in [0.05, 0.1) is 22.1 Å². The van der Waals surface area contributed by atoms with Crippen LogP contribution in [-0.2, 0) is 30.3 Å². The lowest BCUT2D eigenvalue weighted by Crippen LogP contribution is -2.22. The number of amides is 1. The molecule has 0 aliphatic carbocycles. The van der Waals surface area contributed by atoms with E-state index in [1.54, 1.807) is 0 Å². The fourth-order valence-electron chi connectivity index (χ4n) is 2.49. The van der Waals surface area contributed by atoms with Crippen LogP contribution in [0.5, 0.6) is 0 Å². The van der Waals surface area contributed by atoms with Crippen molar-refractivity contribution in [3.8, 4) is 0 Å². The Bertz CT molecular complexity index is 810. The average molecular weight is 414 g/mol. The summed E-state index contributed by atoms with van der Waals surface area (Å²) in [5.41, 5.74) is -1.25. The van der Waals surface area contributed by atoms with Crippen molar-refractivity contribution in [2.24, 2.45) is 5.92 Å². The van der Waals surface area contributed by atoms with Gasteiger partial charge in [0.25, 0.3) is 5.91 Å². The van der Waals surface area contributed by atoms with E-state index in [1.165, 1.54) is 6.07 Å². The molecule has 1 amide bonds. The van der Waals surface area contributed by atoms with Crippen molar-refractivity contribution in [1.29, 1.82) is 0 Å². The molecule has 1 atom stereocenters. The maximum Gasteiger partial charge on any atom is 0.417 e. The molecule has 0 spiro atoms. The molecule has 1 saturated heterocycles. The zero-order valence-electron chi connectivity index (χ0n) is 13.3. The van der Waals surface area contributed by atoms with Gasteiger partial charge < -0.3 is 10.1 Å². The van der Waals surface area contributed by atoms with Crippen LogP contribution in [0.1, 0.15) is 18.4 Å². The molecule has 0 saturated carbocycles. The molecule has 1 heterocycles. The summed E-state index contributed by atoms with van der Waals surface area (Å²) in [4.78, 5) is 23.3. The van der Waals surface area contributed by atoms with Gasteiger partial charge in [-0.05, 0) is 30.5 Å². The van der Waals surface area contributed by atoms with E-state index in [4.69, 9.17) is 16.3 Å².